The Bertz CT molecular complexity index is 1260. The number of anilines is 3. The highest BCUT2D eigenvalue weighted by Crippen LogP contribution is 2.30. The van der Waals surface area contributed by atoms with Gasteiger partial charge in [-0.1, -0.05) is 12.1 Å². The average molecular weight is 413 g/mol. The van der Waals surface area contributed by atoms with Crippen molar-refractivity contribution in [3.05, 3.63) is 60.4 Å². The van der Waals surface area contributed by atoms with Crippen LogP contribution in [0.25, 0.3) is 22.4 Å². The van der Waals surface area contributed by atoms with Crippen LogP contribution in [0.4, 0.5) is 17.3 Å². The van der Waals surface area contributed by atoms with Crippen LogP contribution in [0.2, 0.25) is 0 Å². The first-order chi connectivity index (χ1) is 15.1. The average Bonchev–Trinajstić information content (AvgIpc) is 3.44. The minimum absolute atomic E-state index is 0.248. The molecule has 3 aromatic heterocycles. The Morgan fingerprint density at radius 2 is 1.94 bits per heavy atom. The van der Waals surface area contributed by atoms with Gasteiger partial charge in [-0.15, -0.1) is 0 Å². The molecule has 1 fully saturated rings. The molecule has 1 aromatic carbocycles. The van der Waals surface area contributed by atoms with E-state index >= 15 is 0 Å². The van der Waals surface area contributed by atoms with Crippen molar-refractivity contribution >= 4 is 34.3 Å². The van der Waals surface area contributed by atoms with Gasteiger partial charge in [0.25, 0.3) is 5.91 Å². The van der Waals surface area contributed by atoms with Crippen molar-refractivity contribution in [3.63, 3.8) is 0 Å². The number of aromatic nitrogens is 4. The number of rotatable bonds is 4. The Balaban J connectivity index is 1.49. The van der Waals surface area contributed by atoms with E-state index in [4.69, 9.17) is 15.7 Å². The minimum Gasteiger partial charge on any atom is -0.384 e. The fraction of sp³-hybridized carbons (Fsp3) is 0.217. The Hall–Kier alpha value is -3.94. The number of nitrogens with one attached hydrogen (secondary N) is 1. The highest BCUT2D eigenvalue weighted by Gasteiger charge is 2.20. The van der Waals surface area contributed by atoms with E-state index in [-0.39, 0.29) is 5.91 Å². The van der Waals surface area contributed by atoms with E-state index in [1.54, 1.807) is 12.1 Å². The van der Waals surface area contributed by atoms with Crippen molar-refractivity contribution in [1.82, 2.24) is 19.5 Å². The summed E-state index contributed by atoms with van der Waals surface area (Å²) in [5, 5.41) is 2.91. The van der Waals surface area contributed by atoms with Gasteiger partial charge in [-0.3, -0.25) is 4.79 Å². The molecule has 4 heterocycles. The lowest BCUT2D eigenvalue weighted by Gasteiger charge is -2.19. The molecule has 4 aromatic rings. The number of amides is 1. The van der Waals surface area contributed by atoms with Crippen molar-refractivity contribution < 1.29 is 4.79 Å². The summed E-state index contributed by atoms with van der Waals surface area (Å²) < 4.78 is 2.07. The Morgan fingerprint density at radius 3 is 2.71 bits per heavy atom. The summed E-state index contributed by atoms with van der Waals surface area (Å²) in [5.74, 6) is 1.74. The Morgan fingerprint density at radius 1 is 1.10 bits per heavy atom. The third-order valence-corrected chi connectivity index (χ3v) is 5.53. The maximum absolute atomic E-state index is 12.5. The summed E-state index contributed by atoms with van der Waals surface area (Å²) in [7, 11) is 2.02. The summed E-state index contributed by atoms with van der Waals surface area (Å²) >= 11 is 0. The summed E-state index contributed by atoms with van der Waals surface area (Å²) in [4.78, 5) is 28.6. The van der Waals surface area contributed by atoms with Gasteiger partial charge in [0.15, 0.2) is 11.6 Å². The van der Waals surface area contributed by atoms with Gasteiger partial charge in [-0.05, 0) is 43.2 Å². The van der Waals surface area contributed by atoms with Crippen LogP contribution in [0, 0.1) is 0 Å². The topological polar surface area (TPSA) is 102 Å². The zero-order chi connectivity index (χ0) is 21.4. The predicted molar refractivity (Wildman–Crippen MR) is 122 cm³/mol. The van der Waals surface area contributed by atoms with E-state index in [9.17, 15) is 4.79 Å². The van der Waals surface area contributed by atoms with Crippen LogP contribution < -0.4 is 16.0 Å². The smallest absolute Gasteiger partial charge is 0.257 e. The first-order valence-electron chi connectivity index (χ1n) is 10.3. The standard InChI is InChI=1S/C23H23N7O/c1-29-12-9-18-20(29)22(30-10-2-3-11-30)28-21(27-18)15-5-4-6-17(13-15)26-23(31)16-7-8-19(24)25-14-16/h4-9,12-14H,2-3,10-11H2,1H3,(H2,24,25)(H,26,31). The Kier molecular flexibility index (Phi) is 4.74. The molecular weight excluding hydrogens is 390 g/mol. The van der Waals surface area contributed by atoms with Crippen LogP contribution in [-0.4, -0.2) is 38.5 Å². The van der Waals surface area contributed by atoms with E-state index in [2.05, 4.69) is 19.8 Å². The molecule has 0 spiro atoms. The third kappa shape index (κ3) is 3.68. The molecule has 0 unspecified atom stereocenters. The van der Waals surface area contributed by atoms with Crippen LogP contribution in [0.3, 0.4) is 0 Å². The van der Waals surface area contributed by atoms with Crippen molar-refractivity contribution in [1.29, 1.82) is 0 Å². The van der Waals surface area contributed by atoms with Gasteiger partial charge in [0, 0.05) is 43.8 Å². The highest BCUT2D eigenvalue weighted by molar-refractivity contribution is 6.04. The lowest BCUT2D eigenvalue weighted by molar-refractivity contribution is 0.102. The van der Waals surface area contributed by atoms with E-state index in [0.717, 1.165) is 35.5 Å². The summed E-state index contributed by atoms with van der Waals surface area (Å²) in [6.07, 6.45) is 5.82. The van der Waals surface area contributed by atoms with Crippen LogP contribution in [0.1, 0.15) is 23.2 Å². The third-order valence-electron chi connectivity index (χ3n) is 5.53. The molecule has 3 N–H and O–H groups in total. The number of nitrogens with two attached hydrogens (primary N) is 1. The molecule has 0 atom stereocenters. The maximum atomic E-state index is 12.5. The molecular formula is C23H23N7O. The summed E-state index contributed by atoms with van der Waals surface area (Å²) in [6, 6.07) is 12.8. The lowest BCUT2D eigenvalue weighted by atomic mass is 10.1. The molecule has 5 rings (SSSR count). The molecule has 0 aliphatic carbocycles. The van der Waals surface area contributed by atoms with E-state index in [0.29, 0.717) is 22.9 Å². The van der Waals surface area contributed by atoms with E-state index < -0.39 is 0 Å². The van der Waals surface area contributed by atoms with Crippen LogP contribution in [-0.2, 0) is 7.05 Å². The zero-order valence-corrected chi connectivity index (χ0v) is 17.2. The largest absolute Gasteiger partial charge is 0.384 e. The SMILES string of the molecule is Cn1ccc2nc(-c3cccc(NC(=O)c4ccc(N)nc4)c3)nc(N3CCCC3)c21. The summed E-state index contributed by atoms with van der Waals surface area (Å²) in [5.41, 5.74) is 9.52. The molecule has 8 nitrogen and oxygen atoms in total. The number of hydrogen-bond donors (Lipinski definition) is 2. The zero-order valence-electron chi connectivity index (χ0n) is 17.2. The van der Waals surface area contributed by atoms with Gasteiger partial charge < -0.3 is 20.5 Å². The predicted octanol–water partition coefficient (Wildman–Crippen LogP) is 3.47. The molecule has 1 amide bonds. The molecule has 0 radical (unpaired) electrons. The van der Waals surface area contributed by atoms with E-state index in [1.807, 2.05) is 43.6 Å². The van der Waals surface area contributed by atoms with Gasteiger partial charge >= 0.3 is 0 Å². The fourth-order valence-corrected chi connectivity index (χ4v) is 3.93. The van der Waals surface area contributed by atoms with Gasteiger partial charge in [0.1, 0.15) is 11.3 Å². The molecule has 31 heavy (non-hydrogen) atoms. The number of benzene rings is 1. The van der Waals surface area contributed by atoms with E-state index in [1.165, 1.54) is 19.0 Å². The summed E-state index contributed by atoms with van der Waals surface area (Å²) in [6.45, 7) is 2.00. The number of pyridine rings is 1. The number of fused-ring (bicyclic) bond motifs is 1. The first kappa shape index (κ1) is 19.0. The quantitative estimate of drug-likeness (QED) is 0.531. The second kappa shape index (κ2) is 7.71. The number of carbonyl (C=O) groups excluding carboxylic acids is 1. The molecule has 8 heteroatoms. The number of nitrogen functional groups attached to an aromatic ring is 1. The normalized spacial score (nSPS) is 13.6. The fourth-order valence-electron chi connectivity index (χ4n) is 3.93. The van der Waals surface area contributed by atoms with Gasteiger partial charge in [0.2, 0.25) is 0 Å². The molecule has 1 aliphatic heterocycles. The highest BCUT2D eigenvalue weighted by atomic mass is 16.1. The number of hydrogen-bond acceptors (Lipinski definition) is 6. The van der Waals surface area contributed by atoms with Crippen LogP contribution in [0.5, 0.6) is 0 Å². The second-order valence-corrected chi connectivity index (χ2v) is 7.73. The molecule has 1 saturated heterocycles. The van der Waals surface area contributed by atoms with Gasteiger partial charge in [-0.2, -0.15) is 0 Å². The van der Waals surface area contributed by atoms with Crippen molar-refractivity contribution in [2.24, 2.45) is 7.05 Å². The van der Waals surface area contributed by atoms with Crippen LogP contribution >= 0.6 is 0 Å². The van der Waals surface area contributed by atoms with Gasteiger partial charge in [-0.25, -0.2) is 15.0 Å². The van der Waals surface area contributed by atoms with Crippen molar-refractivity contribution in [2.45, 2.75) is 12.8 Å². The monoisotopic (exact) mass is 413 g/mol. The van der Waals surface area contributed by atoms with Gasteiger partial charge in [0.05, 0.1) is 11.1 Å². The number of nitrogens with zero attached hydrogens (tertiary/aromatic N) is 5. The van der Waals surface area contributed by atoms with Crippen LogP contribution in [0.15, 0.2) is 54.9 Å². The molecule has 156 valence electrons. The number of carbonyl (C=O) groups is 1. The molecule has 1 aliphatic rings. The maximum Gasteiger partial charge on any atom is 0.257 e. The second-order valence-electron chi connectivity index (χ2n) is 7.73. The number of aryl methyl sites for hydroxylation is 1. The van der Waals surface area contributed by atoms with Crippen molar-refractivity contribution in [2.75, 3.05) is 29.0 Å². The Labute approximate surface area is 179 Å². The first-order valence-corrected chi connectivity index (χ1v) is 10.3. The minimum atomic E-state index is -0.248. The molecule has 0 saturated carbocycles. The van der Waals surface area contributed by atoms with Crippen molar-refractivity contribution in [3.8, 4) is 11.4 Å². The molecule has 0 bridgehead atoms. The lowest BCUT2D eigenvalue weighted by Crippen LogP contribution is -2.20.